The molecule has 0 saturated carbocycles. The molecule has 0 radical (unpaired) electrons. The molecule has 0 aliphatic carbocycles. The quantitative estimate of drug-likeness (QED) is 0.887. The van der Waals surface area contributed by atoms with Crippen LogP contribution in [-0.2, 0) is 6.54 Å². The Labute approximate surface area is 136 Å². The number of ether oxygens (including phenoxy) is 1. The molecule has 1 aliphatic rings. The zero-order chi connectivity index (χ0) is 15.7. The van der Waals surface area contributed by atoms with Gasteiger partial charge in [-0.15, -0.1) is 0 Å². The summed E-state index contributed by atoms with van der Waals surface area (Å²) in [6, 6.07) is 11.8. The van der Waals surface area contributed by atoms with E-state index in [1.165, 1.54) is 5.69 Å². The third-order valence-electron chi connectivity index (χ3n) is 4.07. The fourth-order valence-electron chi connectivity index (χ4n) is 2.77. The van der Waals surface area contributed by atoms with Gasteiger partial charge in [0.2, 0.25) is 0 Å². The molecule has 5 heteroatoms. The fourth-order valence-corrected chi connectivity index (χ4v) is 2.90. The average Bonchev–Trinajstić information content (AvgIpc) is 2.81. The first-order valence-electron chi connectivity index (χ1n) is 7.29. The minimum absolute atomic E-state index is 0.274. The smallest absolute Gasteiger partial charge is 0.126 e. The van der Waals surface area contributed by atoms with Gasteiger partial charge >= 0.3 is 0 Å². The van der Waals surface area contributed by atoms with Gasteiger partial charge in [0.25, 0.3) is 0 Å². The van der Waals surface area contributed by atoms with Crippen molar-refractivity contribution in [2.24, 2.45) is 0 Å². The average molecular weight is 318 g/mol. The number of nitrogens with one attached hydrogen (secondary N) is 2. The molecule has 2 N–H and O–H groups in total. The molecule has 1 aliphatic heterocycles. The largest absolute Gasteiger partial charge is 0.496 e. The maximum Gasteiger partial charge on any atom is 0.126 e. The monoisotopic (exact) mass is 317 g/mol. The number of fused-ring (bicyclic) bond motifs is 1. The van der Waals surface area contributed by atoms with Crippen LogP contribution in [0.25, 0.3) is 0 Å². The van der Waals surface area contributed by atoms with Crippen LogP contribution in [0.3, 0.4) is 0 Å². The highest BCUT2D eigenvalue weighted by atomic mass is 35.5. The van der Waals surface area contributed by atoms with E-state index in [4.69, 9.17) is 16.3 Å². The maximum atomic E-state index is 5.93. The van der Waals surface area contributed by atoms with Crippen molar-refractivity contribution in [3.8, 4) is 5.75 Å². The number of halogens is 1. The van der Waals surface area contributed by atoms with E-state index in [0.717, 1.165) is 27.7 Å². The van der Waals surface area contributed by atoms with E-state index >= 15 is 0 Å². The Morgan fingerprint density at radius 2 is 1.95 bits per heavy atom. The summed E-state index contributed by atoms with van der Waals surface area (Å²) in [5.74, 6) is 0.892. The lowest BCUT2D eigenvalue weighted by Crippen LogP contribution is -2.29. The standard InChI is InChI=1S/C17H20ClN3O/c1-11-20-15-8-9-16(22-3)14(17(15)21(11)2)10-19-13-6-4-12(18)5-7-13/h4-9,11,19-20H,10H2,1-3H3. The second-order valence-electron chi connectivity index (χ2n) is 5.43. The summed E-state index contributed by atoms with van der Waals surface area (Å²) in [6.45, 7) is 2.83. The predicted octanol–water partition coefficient (Wildman–Crippen LogP) is 4.17. The Kier molecular flexibility index (Phi) is 4.03. The van der Waals surface area contributed by atoms with Crippen molar-refractivity contribution in [2.75, 3.05) is 29.7 Å². The third-order valence-corrected chi connectivity index (χ3v) is 4.32. The number of hydrogen-bond donors (Lipinski definition) is 2. The van der Waals surface area contributed by atoms with E-state index in [1.54, 1.807) is 7.11 Å². The Morgan fingerprint density at radius 3 is 2.64 bits per heavy atom. The number of methoxy groups -OCH3 is 1. The van der Waals surface area contributed by atoms with Gasteiger partial charge in [-0.05, 0) is 43.3 Å². The Balaban J connectivity index is 1.89. The van der Waals surface area contributed by atoms with E-state index in [2.05, 4.69) is 35.6 Å². The van der Waals surface area contributed by atoms with Gasteiger partial charge < -0.3 is 20.3 Å². The molecule has 3 rings (SSSR count). The van der Waals surface area contributed by atoms with Crippen molar-refractivity contribution in [2.45, 2.75) is 19.6 Å². The minimum Gasteiger partial charge on any atom is -0.496 e. The first-order chi connectivity index (χ1) is 10.6. The van der Waals surface area contributed by atoms with Crippen molar-refractivity contribution < 1.29 is 4.74 Å². The second-order valence-corrected chi connectivity index (χ2v) is 5.87. The van der Waals surface area contributed by atoms with Crippen LogP contribution in [-0.4, -0.2) is 20.3 Å². The zero-order valence-corrected chi connectivity index (χ0v) is 13.7. The number of anilines is 3. The van der Waals surface area contributed by atoms with E-state index in [-0.39, 0.29) is 6.17 Å². The normalized spacial score (nSPS) is 16.2. The van der Waals surface area contributed by atoms with Crippen LogP contribution in [0.1, 0.15) is 12.5 Å². The lowest BCUT2D eigenvalue weighted by molar-refractivity contribution is 0.410. The van der Waals surface area contributed by atoms with Crippen LogP contribution in [0.15, 0.2) is 36.4 Å². The number of benzene rings is 2. The topological polar surface area (TPSA) is 36.5 Å². The van der Waals surface area contributed by atoms with Gasteiger partial charge in [-0.25, -0.2) is 0 Å². The Bertz CT molecular complexity index is 672. The van der Waals surface area contributed by atoms with E-state index in [1.807, 2.05) is 30.3 Å². The van der Waals surface area contributed by atoms with Gasteiger partial charge in [0, 0.05) is 29.9 Å². The van der Waals surface area contributed by atoms with Crippen LogP contribution in [0.4, 0.5) is 17.1 Å². The summed E-state index contributed by atoms with van der Waals surface area (Å²) in [5.41, 5.74) is 4.51. The molecular formula is C17H20ClN3O. The summed E-state index contributed by atoms with van der Waals surface area (Å²) in [4.78, 5) is 2.23. The van der Waals surface area contributed by atoms with Gasteiger partial charge in [0.1, 0.15) is 5.75 Å². The van der Waals surface area contributed by atoms with Crippen molar-refractivity contribution in [1.29, 1.82) is 0 Å². The van der Waals surface area contributed by atoms with E-state index in [9.17, 15) is 0 Å². The van der Waals surface area contributed by atoms with Crippen LogP contribution < -0.4 is 20.3 Å². The molecule has 2 aromatic carbocycles. The molecule has 0 bridgehead atoms. The van der Waals surface area contributed by atoms with Crippen LogP contribution in [0.5, 0.6) is 5.75 Å². The molecule has 0 fully saturated rings. The number of rotatable bonds is 4. The molecule has 4 nitrogen and oxygen atoms in total. The van der Waals surface area contributed by atoms with Crippen LogP contribution in [0.2, 0.25) is 5.02 Å². The molecule has 116 valence electrons. The molecule has 0 aromatic heterocycles. The molecule has 22 heavy (non-hydrogen) atoms. The summed E-state index contributed by atoms with van der Waals surface area (Å²) in [7, 11) is 3.80. The third kappa shape index (κ3) is 2.66. The van der Waals surface area contributed by atoms with Gasteiger partial charge in [0.15, 0.2) is 0 Å². The molecule has 0 saturated heterocycles. The molecule has 1 atom stereocenters. The van der Waals surface area contributed by atoms with Gasteiger partial charge in [-0.1, -0.05) is 11.6 Å². The summed E-state index contributed by atoms with van der Waals surface area (Å²) in [6.07, 6.45) is 0.274. The van der Waals surface area contributed by atoms with Crippen LogP contribution >= 0.6 is 11.6 Å². The number of hydrogen-bond acceptors (Lipinski definition) is 4. The predicted molar refractivity (Wildman–Crippen MR) is 93.3 cm³/mol. The van der Waals surface area contributed by atoms with Gasteiger partial charge in [-0.3, -0.25) is 0 Å². The highest BCUT2D eigenvalue weighted by Crippen LogP contribution is 2.41. The summed E-state index contributed by atoms with van der Waals surface area (Å²) < 4.78 is 5.55. The van der Waals surface area contributed by atoms with Gasteiger partial charge in [-0.2, -0.15) is 0 Å². The first-order valence-corrected chi connectivity index (χ1v) is 7.66. The van der Waals surface area contributed by atoms with E-state index in [0.29, 0.717) is 6.54 Å². The molecule has 0 spiro atoms. The maximum absolute atomic E-state index is 5.93. The molecular weight excluding hydrogens is 298 g/mol. The number of nitrogens with zero attached hydrogens (tertiary/aromatic N) is 1. The van der Waals surface area contributed by atoms with Gasteiger partial charge in [0.05, 0.1) is 24.7 Å². The van der Waals surface area contributed by atoms with Crippen molar-refractivity contribution in [3.63, 3.8) is 0 Å². The van der Waals surface area contributed by atoms with Crippen LogP contribution in [0, 0.1) is 0 Å². The molecule has 0 amide bonds. The van der Waals surface area contributed by atoms with Crippen molar-refractivity contribution in [3.05, 3.63) is 47.0 Å². The summed E-state index contributed by atoms with van der Waals surface area (Å²) >= 11 is 5.93. The molecule has 2 aromatic rings. The minimum atomic E-state index is 0.274. The molecule has 1 heterocycles. The lowest BCUT2D eigenvalue weighted by Gasteiger charge is -2.21. The SMILES string of the molecule is COc1ccc2c(c1CNc1ccc(Cl)cc1)N(C)C(C)N2. The van der Waals surface area contributed by atoms with Crippen molar-refractivity contribution in [1.82, 2.24) is 0 Å². The molecule has 1 unspecified atom stereocenters. The fraction of sp³-hybridized carbons (Fsp3) is 0.294. The Morgan fingerprint density at radius 1 is 1.23 bits per heavy atom. The highest BCUT2D eigenvalue weighted by molar-refractivity contribution is 6.30. The lowest BCUT2D eigenvalue weighted by atomic mass is 10.1. The zero-order valence-electron chi connectivity index (χ0n) is 13.0. The first kappa shape index (κ1) is 14.9. The van der Waals surface area contributed by atoms with Crippen molar-refractivity contribution >= 4 is 28.7 Å². The highest BCUT2D eigenvalue weighted by Gasteiger charge is 2.26. The Hall–Kier alpha value is -2.07. The summed E-state index contributed by atoms with van der Waals surface area (Å²) in [5, 5.41) is 7.64. The second kappa shape index (κ2) is 5.97. The van der Waals surface area contributed by atoms with E-state index < -0.39 is 0 Å².